The van der Waals surface area contributed by atoms with E-state index in [-0.39, 0.29) is 27.1 Å². The average molecular weight is 431 g/mol. The average Bonchev–Trinajstić information content (AvgIpc) is 3.26. The molecule has 1 aliphatic rings. The van der Waals surface area contributed by atoms with Gasteiger partial charge in [0.05, 0.1) is 20.6 Å². The molecule has 1 unspecified atom stereocenters. The first kappa shape index (κ1) is 21.6. The van der Waals surface area contributed by atoms with Crippen LogP contribution in [0.1, 0.15) is 41.6 Å². The zero-order valence-corrected chi connectivity index (χ0v) is 17.4. The van der Waals surface area contributed by atoms with Gasteiger partial charge in [0.2, 0.25) is 0 Å². The van der Waals surface area contributed by atoms with Crippen molar-refractivity contribution in [3.63, 3.8) is 0 Å². The van der Waals surface area contributed by atoms with E-state index in [0.717, 1.165) is 31.7 Å². The highest BCUT2D eigenvalue weighted by Gasteiger charge is 2.29. The maximum absolute atomic E-state index is 12.9. The fourth-order valence-electron chi connectivity index (χ4n) is 3.68. The Balaban J connectivity index is 1.92. The molecule has 0 bridgehead atoms. The van der Waals surface area contributed by atoms with Gasteiger partial charge in [0.15, 0.2) is 0 Å². The summed E-state index contributed by atoms with van der Waals surface area (Å²) in [4.78, 5) is 35.7. The van der Waals surface area contributed by atoms with Crippen molar-refractivity contribution in [2.24, 2.45) is 0 Å². The van der Waals surface area contributed by atoms with Gasteiger partial charge in [-0.3, -0.25) is 29.2 Å². The van der Waals surface area contributed by atoms with Crippen molar-refractivity contribution in [2.45, 2.75) is 42.8 Å². The van der Waals surface area contributed by atoms with Gasteiger partial charge in [0.25, 0.3) is 17.3 Å². The monoisotopic (exact) mass is 431 g/mol. The number of anilines is 1. The lowest BCUT2D eigenvalue weighted by molar-refractivity contribution is -0.387. The Kier molecular flexibility index (Phi) is 6.25. The SMILES string of the molecule is Cc1cc([N+](=O)[O-])ccc1N(C)C(=O)c1ccc(S(=O)C2CCCC2)c([N+](=O)[O-])c1. The molecular formula is C20H21N3O6S. The standard InChI is InChI=1S/C20H21N3O6S/c1-13-11-15(22(25)26)8-9-17(13)21(2)20(24)14-7-10-19(18(12-14)23(27)28)30(29)16-5-3-4-6-16/h7-12,16H,3-6H2,1-2H3. The molecule has 2 aromatic rings. The van der Waals surface area contributed by atoms with Crippen molar-refractivity contribution in [1.82, 2.24) is 0 Å². The van der Waals surface area contributed by atoms with E-state index in [2.05, 4.69) is 0 Å². The fourth-order valence-corrected chi connectivity index (χ4v) is 5.34. The van der Waals surface area contributed by atoms with Gasteiger partial charge in [0.1, 0.15) is 4.90 Å². The molecule has 2 aromatic carbocycles. The minimum absolute atomic E-state index is 0.0779. The highest BCUT2D eigenvalue weighted by Crippen LogP contribution is 2.32. The molecule has 1 saturated carbocycles. The van der Waals surface area contributed by atoms with Crippen LogP contribution >= 0.6 is 0 Å². The van der Waals surface area contributed by atoms with E-state index < -0.39 is 26.6 Å². The van der Waals surface area contributed by atoms with Crippen LogP contribution in [-0.4, -0.2) is 32.3 Å². The first-order chi connectivity index (χ1) is 14.2. The Morgan fingerprint density at radius 2 is 1.73 bits per heavy atom. The first-order valence-electron chi connectivity index (χ1n) is 9.43. The molecule has 30 heavy (non-hydrogen) atoms. The van der Waals surface area contributed by atoms with Gasteiger partial charge < -0.3 is 4.90 Å². The van der Waals surface area contributed by atoms with Crippen LogP contribution in [0.4, 0.5) is 17.1 Å². The Morgan fingerprint density at radius 3 is 2.30 bits per heavy atom. The highest BCUT2D eigenvalue weighted by molar-refractivity contribution is 7.85. The number of hydrogen-bond acceptors (Lipinski definition) is 6. The number of carbonyl (C=O) groups excluding carboxylic acids is 1. The molecule has 0 spiro atoms. The molecule has 158 valence electrons. The molecule has 1 fully saturated rings. The molecule has 0 aromatic heterocycles. The minimum Gasteiger partial charge on any atom is -0.311 e. The second kappa shape index (κ2) is 8.70. The molecule has 3 rings (SSSR count). The number of nitro groups is 2. The predicted molar refractivity (Wildman–Crippen MR) is 112 cm³/mol. The molecule has 0 radical (unpaired) electrons. The Bertz CT molecular complexity index is 1050. The number of aryl methyl sites for hydroxylation is 1. The summed E-state index contributed by atoms with van der Waals surface area (Å²) >= 11 is 0. The summed E-state index contributed by atoms with van der Waals surface area (Å²) in [6.07, 6.45) is 3.46. The summed E-state index contributed by atoms with van der Waals surface area (Å²) in [5.74, 6) is -0.506. The third-order valence-corrected chi connectivity index (χ3v) is 7.14. The third-order valence-electron chi connectivity index (χ3n) is 5.28. The third kappa shape index (κ3) is 4.23. The van der Waals surface area contributed by atoms with Crippen molar-refractivity contribution in [1.29, 1.82) is 0 Å². The van der Waals surface area contributed by atoms with Crippen molar-refractivity contribution in [3.05, 3.63) is 67.8 Å². The van der Waals surface area contributed by atoms with Gasteiger partial charge in [-0.05, 0) is 43.5 Å². The molecule has 0 saturated heterocycles. The molecule has 0 aliphatic heterocycles. The van der Waals surface area contributed by atoms with Crippen LogP contribution in [0, 0.1) is 27.2 Å². The summed E-state index contributed by atoms with van der Waals surface area (Å²) in [7, 11) is -0.00732. The maximum atomic E-state index is 12.9. The van der Waals surface area contributed by atoms with Gasteiger partial charge in [-0.25, -0.2) is 0 Å². The van der Waals surface area contributed by atoms with Gasteiger partial charge in [-0.2, -0.15) is 0 Å². The van der Waals surface area contributed by atoms with Gasteiger partial charge in [-0.15, -0.1) is 0 Å². The second-order valence-electron chi connectivity index (χ2n) is 7.24. The van der Waals surface area contributed by atoms with E-state index in [0.29, 0.717) is 11.3 Å². The summed E-state index contributed by atoms with van der Waals surface area (Å²) in [5.41, 5.74) is 0.626. The molecule has 10 heteroatoms. The Labute approximate surface area is 175 Å². The first-order valence-corrected chi connectivity index (χ1v) is 10.6. The molecule has 0 N–H and O–H groups in total. The normalized spacial score (nSPS) is 15.0. The van der Waals surface area contributed by atoms with Gasteiger partial charge >= 0.3 is 0 Å². The lowest BCUT2D eigenvalue weighted by Gasteiger charge is -2.20. The minimum atomic E-state index is -1.50. The summed E-state index contributed by atoms with van der Waals surface area (Å²) in [6, 6.07) is 8.11. The molecule has 9 nitrogen and oxygen atoms in total. The summed E-state index contributed by atoms with van der Waals surface area (Å²) in [6.45, 7) is 1.64. The van der Waals surface area contributed by atoms with Crippen LogP contribution in [-0.2, 0) is 10.8 Å². The molecule has 1 atom stereocenters. The maximum Gasteiger partial charge on any atom is 0.286 e. The van der Waals surface area contributed by atoms with Crippen LogP contribution in [0.5, 0.6) is 0 Å². The molecule has 1 aliphatic carbocycles. The number of nitro benzene ring substituents is 2. The lowest BCUT2D eigenvalue weighted by atomic mass is 10.1. The van der Waals surface area contributed by atoms with E-state index in [4.69, 9.17) is 0 Å². The Morgan fingerprint density at radius 1 is 1.07 bits per heavy atom. The quantitative estimate of drug-likeness (QED) is 0.500. The van der Waals surface area contributed by atoms with Crippen molar-refractivity contribution < 1.29 is 18.9 Å². The predicted octanol–water partition coefficient (Wildman–Crippen LogP) is 4.14. The number of benzene rings is 2. The number of rotatable bonds is 6. The van der Waals surface area contributed by atoms with Gasteiger partial charge in [0, 0.05) is 41.7 Å². The number of hydrogen-bond donors (Lipinski definition) is 0. The number of non-ortho nitro benzene ring substituents is 1. The van der Waals surface area contributed by atoms with E-state index >= 15 is 0 Å². The van der Waals surface area contributed by atoms with Crippen molar-refractivity contribution in [3.8, 4) is 0 Å². The molecular weight excluding hydrogens is 410 g/mol. The van der Waals surface area contributed by atoms with E-state index in [1.54, 1.807) is 6.92 Å². The van der Waals surface area contributed by atoms with E-state index in [1.165, 1.54) is 42.3 Å². The summed E-state index contributed by atoms with van der Waals surface area (Å²) in [5, 5.41) is 22.4. The topological polar surface area (TPSA) is 124 Å². The second-order valence-corrected chi connectivity index (χ2v) is 8.94. The number of carbonyl (C=O) groups is 1. The van der Waals surface area contributed by atoms with Crippen LogP contribution in [0.25, 0.3) is 0 Å². The number of amides is 1. The molecule has 0 heterocycles. The van der Waals surface area contributed by atoms with Crippen LogP contribution in [0.15, 0.2) is 41.3 Å². The van der Waals surface area contributed by atoms with Crippen molar-refractivity contribution >= 4 is 33.8 Å². The fraction of sp³-hybridized carbons (Fsp3) is 0.350. The highest BCUT2D eigenvalue weighted by atomic mass is 32.2. The summed E-state index contributed by atoms with van der Waals surface area (Å²) < 4.78 is 12.8. The zero-order valence-electron chi connectivity index (χ0n) is 16.6. The largest absolute Gasteiger partial charge is 0.311 e. The smallest absolute Gasteiger partial charge is 0.286 e. The number of nitrogens with zero attached hydrogens (tertiary/aromatic N) is 3. The van der Waals surface area contributed by atoms with Crippen LogP contribution in [0.2, 0.25) is 0 Å². The van der Waals surface area contributed by atoms with Crippen molar-refractivity contribution in [2.75, 3.05) is 11.9 Å². The van der Waals surface area contributed by atoms with E-state index in [9.17, 15) is 29.2 Å². The van der Waals surface area contributed by atoms with E-state index in [1.807, 2.05) is 0 Å². The lowest BCUT2D eigenvalue weighted by Crippen LogP contribution is -2.27. The van der Waals surface area contributed by atoms with Gasteiger partial charge in [-0.1, -0.05) is 12.8 Å². The zero-order chi connectivity index (χ0) is 22.0. The van der Waals surface area contributed by atoms with Crippen LogP contribution < -0.4 is 4.90 Å². The molecule has 1 amide bonds. The Hall–Kier alpha value is -3.14. The van der Waals surface area contributed by atoms with Crippen LogP contribution in [0.3, 0.4) is 0 Å².